The second-order valence-electron chi connectivity index (χ2n) is 7.98. The van der Waals surface area contributed by atoms with E-state index in [1.165, 1.54) is 12.4 Å². The normalized spacial score (nSPS) is 22.5. The van der Waals surface area contributed by atoms with E-state index in [-0.39, 0.29) is 11.8 Å². The lowest BCUT2D eigenvalue weighted by Crippen LogP contribution is -2.18. The highest BCUT2D eigenvalue weighted by atomic mass is 35.5. The van der Waals surface area contributed by atoms with E-state index in [1.807, 2.05) is 0 Å². The van der Waals surface area contributed by atoms with Crippen LogP contribution >= 0.6 is 11.6 Å². The van der Waals surface area contributed by atoms with Crippen molar-refractivity contribution >= 4 is 34.0 Å². The zero-order valence-electron chi connectivity index (χ0n) is 16.8. The van der Waals surface area contributed by atoms with Crippen LogP contribution in [0.15, 0.2) is 30.6 Å². The van der Waals surface area contributed by atoms with Crippen LogP contribution < -0.4 is 20.1 Å². The van der Waals surface area contributed by atoms with E-state index in [9.17, 15) is 8.78 Å². The van der Waals surface area contributed by atoms with Gasteiger partial charge in [0, 0.05) is 11.5 Å². The largest absolute Gasteiger partial charge is 0.493 e. The molecule has 6 nitrogen and oxygen atoms in total. The molecule has 1 aliphatic heterocycles. The second-order valence-corrected chi connectivity index (χ2v) is 8.36. The molecule has 0 bridgehead atoms. The fourth-order valence-corrected chi connectivity index (χ4v) is 4.72. The van der Waals surface area contributed by atoms with Crippen molar-refractivity contribution in [2.75, 3.05) is 25.5 Å². The molecule has 0 radical (unpaired) electrons. The van der Waals surface area contributed by atoms with Crippen molar-refractivity contribution in [3.05, 3.63) is 47.2 Å². The molecule has 5 rings (SSSR count). The summed E-state index contributed by atoms with van der Waals surface area (Å²) in [5, 5.41) is 6.37. The van der Waals surface area contributed by atoms with E-state index >= 15 is 0 Å². The van der Waals surface area contributed by atoms with E-state index in [1.54, 1.807) is 19.2 Å². The third-order valence-corrected chi connectivity index (χ3v) is 6.46. The number of ether oxygens (including phenoxy) is 2. The average molecular weight is 447 g/mol. The molecule has 0 amide bonds. The highest BCUT2D eigenvalue weighted by molar-refractivity contribution is 6.31. The molecule has 1 aliphatic carbocycles. The van der Waals surface area contributed by atoms with Crippen molar-refractivity contribution in [2.45, 2.75) is 18.9 Å². The van der Waals surface area contributed by atoms with Crippen molar-refractivity contribution in [2.24, 2.45) is 11.8 Å². The lowest BCUT2D eigenvalue weighted by molar-refractivity contribution is 0.191. The number of benzene rings is 2. The summed E-state index contributed by atoms with van der Waals surface area (Å²) in [6.45, 7) is 2.07. The molecule has 2 aliphatic rings. The van der Waals surface area contributed by atoms with E-state index in [0.717, 1.165) is 32.0 Å². The van der Waals surface area contributed by atoms with Crippen LogP contribution in [0.3, 0.4) is 0 Å². The minimum Gasteiger partial charge on any atom is -0.493 e. The molecule has 1 aromatic heterocycles. The van der Waals surface area contributed by atoms with Crippen molar-refractivity contribution in [3.8, 4) is 11.5 Å². The molecule has 2 N–H and O–H groups in total. The standard InChI is InChI=1S/C22H21ClF2N4O2/c1-30-18-7-17-14(6-19(18)31-13-4-11-8-26-9-12(11)5-13)22(28-10-27-17)29-16-3-2-15(24)20(23)21(16)25/h2-3,6-7,10-13,26H,4-5,8-9H2,1H3,(H,27,28,29)/t11-,12+,13+. The SMILES string of the molecule is COc1cc2ncnc(Nc3ccc(F)c(Cl)c3F)c2cc1O[C@@H]1C[C@H]2CNC[C@H]2C1. The van der Waals surface area contributed by atoms with Crippen LogP contribution in [0.2, 0.25) is 5.02 Å². The van der Waals surface area contributed by atoms with Gasteiger partial charge in [0.25, 0.3) is 0 Å². The smallest absolute Gasteiger partial charge is 0.168 e. The number of methoxy groups -OCH3 is 1. The molecule has 162 valence electrons. The summed E-state index contributed by atoms with van der Waals surface area (Å²) < 4.78 is 39.8. The van der Waals surface area contributed by atoms with Crippen LogP contribution in [0.5, 0.6) is 11.5 Å². The van der Waals surface area contributed by atoms with Crippen LogP contribution in [0.4, 0.5) is 20.3 Å². The summed E-state index contributed by atoms with van der Waals surface area (Å²) in [5.41, 5.74) is 0.614. The van der Waals surface area contributed by atoms with Crippen molar-refractivity contribution < 1.29 is 18.3 Å². The minimum absolute atomic E-state index is 0.0146. The van der Waals surface area contributed by atoms with Gasteiger partial charge in [0.1, 0.15) is 23.0 Å². The summed E-state index contributed by atoms with van der Waals surface area (Å²) >= 11 is 5.70. The molecule has 3 atom stereocenters. The van der Waals surface area contributed by atoms with E-state index in [4.69, 9.17) is 21.1 Å². The number of rotatable bonds is 5. The number of nitrogens with zero attached hydrogens (tertiary/aromatic N) is 2. The topological polar surface area (TPSA) is 68.3 Å². The van der Waals surface area contributed by atoms with Crippen LogP contribution in [-0.4, -0.2) is 36.3 Å². The highest BCUT2D eigenvalue weighted by Gasteiger charge is 2.38. The first-order valence-electron chi connectivity index (χ1n) is 10.1. The monoisotopic (exact) mass is 446 g/mol. The first-order valence-corrected chi connectivity index (χ1v) is 10.5. The lowest BCUT2D eigenvalue weighted by atomic mass is 10.0. The molecule has 0 unspecified atom stereocenters. The molecule has 2 fully saturated rings. The van der Waals surface area contributed by atoms with Crippen LogP contribution in [0.1, 0.15) is 12.8 Å². The van der Waals surface area contributed by atoms with Gasteiger partial charge < -0.3 is 20.1 Å². The number of fused-ring (bicyclic) bond motifs is 2. The molecule has 2 heterocycles. The Kier molecular flexibility index (Phi) is 5.27. The number of hydrogen-bond acceptors (Lipinski definition) is 6. The Morgan fingerprint density at radius 3 is 2.61 bits per heavy atom. The van der Waals surface area contributed by atoms with Crippen LogP contribution in [0, 0.1) is 23.5 Å². The summed E-state index contributed by atoms with van der Waals surface area (Å²) in [7, 11) is 1.58. The molecule has 2 aromatic carbocycles. The van der Waals surface area contributed by atoms with Gasteiger partial charge in [-0.1, -0.05) is 11.6 Å². The minimum atomic E-state index is -0.885. The summed E-state index contributed by atoms with van der Waals surface area (Å²) in [6.07, 6.45) is 3.46. The van der Waals surface area contributed by atoms with E-state index in [2.05, 4.69) is 20.6 Å². The van der Waals surface area contributed by atoms with Gasteiger partial charge in [-0.25, -0.2) is 18.7 Å². The van der Waals surface area contributed by atoms with Crippen molar-refractivity contribution in [1.29, 1.82) is 0 Å². The fraction of sp³-hybridized carbons (Fsp3) is 0.364. The number of halogens is 3. The first-order chi connectivity index (χ1) is 15.0. The summed E-state index contributed by atoms with van der Waals surface area (Å²) in [5.74, 6) is 1.09. The predicted octanol–water partition coefficient (Wildman–Crippen LogP) is 4.69. The summed E-state index contributed by atoms with van der Waals surface area (Å²) in [4.78, 5) is 8.53. The van der Waals surface area contributed by atoms with Gasteiger partial charge in [0.2, 0.25) is 0 Å². The Labute approximate surface area is 182 Å². The maximum Gasteiger partial charge on any atom is 0.168 e. The van der Waals surface area contributed by atoms with Gasteiger partial charge >= 0.3 is 0 Å². The number of aromatic nitrogens is 2. The maximum atomic E-state index is 14.4. The molecular weight excluding hydrogens is 426 g/mol. The Morgan fingerprint density at radius 2 is 1.87 bits per heavy atom. The van der Waals surface area contributed by atoms with E-state index < -0.39 is 16.7 Å². The van der Waals surface area contributed by atoms with Gasteiger partial charge in [-0.15, -0.1) is 0 Å². The van der Waals surface area contributed by atoms with Crippen LogP contribution in [0.25, 0.3) is 10.9 Å². The van der Waals surface area contributed by atoms with Gasteiger partial charge in [-0.3, -0.25) is 0 Å². The quantitative estimate of drug-likeness (QED) is 0.554. The molecule has 0 spiro atoms. The third-order valence-electron chi connectivity index (χ3n) is 6.11. The molecular formula is C22H21ClF2N4O2. The molecule has 3 aromatic rings. The van der Waals surface area contributed by atoms with Gasteiger partial charge in [-0.05, 0) is 56.0 Å². The molecule has 1 saturated carbocycles. The zero-order chi connectivity index (χ0) is 21.5. The fourth-order valence-electron chi connectivity index (χ4n) is 4.55. The third kappa shape index (κ3) is 3.74. The maximum absolute atomic E-state index is 14.4. The lowest BCUT2D eigenvalue weighted by Gasteiger charge is -2.18. The molecule has 1 saturated heterocycles. The number of anilines is 2. The van der Waals surface area contributed by atoms with Crippen molar-refractivity contribution in [3.63, 3.8) is 0 Å². The highest BCUT2D eigenvalue weighted by Crippen LogP contribution is 2.41. The number of nitrogens with one attached hydrogen (secondary N) is 2. The Hall–Kier alpha value is -2.71. The van der Waals surface area contributed by atoms with Gasteiger partial charge in [0.15, 0.2) is 17.3 Å². The summed E-state index contributed by atoms with van der Waals surface area (Å²) in [6, 6.07) is 5.94. The second kappa shape index (κ2) is 8.09. The average Bonchev–Trinajstić information content (AvgIpc) is 3.36. The number of hydrogen-bond donors (Lipinski definition) is 2. The molecule has 31 heavy (non-hydrogen) atoms. The zero-order valence-corrected chi connectivity index (χ0v) is 17.5. The van der Waals surface area contributed by atoms with Crippen molar-refractivity contribution in [1.82, 2.24) is 15.3 Å². The van der Waals surface area contributed by atoms with E-state index in [0.29, 0.717) is 40.1 Å². The predicted molar refractivity (Wildman–Crippen MR) is 114 cm³/mol. The molecule has 9 heteroatoms. The first kappa shape index (κ1) is 20.2. The van der Waals surface area contributed by atoms with Gasteiger partial charge in [-0.2, -0.15) is 0 Å². The van der Waals surface area contributed by atoms with Gasteiger partial charge in [0.05, 0.1) is 24.4 Å². The Bertz CT molecular complexity index is 1130. The Balaban J connectivity index is 1.49. The van der Waals surface area contributed by atoms with Crippen LogP contribution in [-0.2, 0) is 0 Å². The Morgan fingerprint density at radius 1 is 1.10 bits per heavy atom.